The molecule has 0 saturated heterocycles. The van der Waals surface area contributed by atoms with Crippen LogP contribution >= 0.6 is 0 Å². The van der Waals surface area contributed by atoms with Gasteiger partial charge in [0.05, 0.1) is 6.61 Å². The van der Waals surface area contributed by atoms with Gasteiger partial charge in [0, 0.05) is 25.1 Å². The number of rotatable bonds is 9. The van der Waals surface area contributed by atoms with E-state index < -0.39 is 0 Å². The Hall–Kier alpha value is -0.810. The minimum atomic E-state index is -0.251. The lowest BCUT2D eigenvalue weighted by Crippen LogP contribution is -2.36. The second kappa shape index (κ2) is 8.32. The average molecular weight is 259 g/mol. The fourth-order valence-electron chi connectivity index (χ4n) is 1.82. The molecule has 0 aliphatic rings. The van der Waals surface area contributed by atoms with Crippen LogP contribution in [-0.2, 0) is 4.74 Å². The second-order valence-electron chi connectivity index (χ2n) is 5.60. The fraction of sp³-hybridized carbons (Fsp3) is 0.923. The summed E-state index contributed by atoms with van der Waals surface area (Å²) >= 11 is 0. The maximum Gasteiger partial charge on any atom is 0.144 e. The molecular formula is C13H29N3O2. The molecule has 0 spiro atoms. The summed E-state index contributed by atoms with van der Waals surface area (Å²) < 4.78 is 5.11. The van der Waals surface area contributed by atoms with Gasteiger partial charge in [-0.3, -0.25) is 4.90 Å². The van der Waals surface area contributed by atoms with Crippen LogP contribution in [-0.4, -0.2) is 48.8 Å². The lowest BCUT2D eigenvalue weighted by molar-refractivity contribution is 0.126. The van der Waals surface area contributed by atoms with Crippen molar-refractivity contribution in [2.45, 2.75) is 46.6 Å². The summed E-state index contributed by atoms with van der Waals surface area (Å²) in [6.07, 6.45) is 1.92. The Bertz CT molecular complexity index is 253. The van der Waals surface area contributed by atoms with Crippen LogP contribution in [0.3, 0.4) is 0 Å². The Labute approximate surface area is 111 Å². The van der Waals surface area contributed by atoms with Crippen LogP contribution in [0.5, 0.6) is 0 Å². The van der Waals surface area contributed by atoms with E-state index in [0.29, 0.717) is 11.9 Å². The molecule has 0 unspecified atom stereocenters. The molecule has 0 rings (SSSR count). The summed E-state index contributed by atoms with van der Waals surface area (Å²) in [6.45, 7) is 11.1. The minimum absolute atomic E-state index is 0.251. The van der Waals surface area contributed by atoms with Crippen LogP contribution in [0.4, 0.5) is 0 Å². The molecule has 0 aromatic heterocycles. The van der Waals surface area contributed by atoms with E-state index >= 15 is 0 Å². The molecule has 0 aromatic rings. The number of hydrogen-bond donors (Lipinski definition) is 2. The van der Waals surface area contributed by atoms with Crippen LogP contribution in [0.1, 0.15) is 40.5 Å². The van der Waals surface area contributed by atoms with Crippen LogP contribution in [0.2, 0.25) is 0 Å². The van der Waals surface area contributed by atoms with Gasteiger partial charge in [0.25, 0.3) is 0 Å². The fourth-order valence-corrected chi connectivity index (χ4v) is 1.82. The summed E-state index contributed by atoms with van der Waals surface area (Å²) in [5.41, 5.74) is 5.42. The Kier molecular flexibility index (Phi) is 7.95. The van der Waals surface area contributed by atoms with E-state index in [-0.39, 0.29) is 5.41 Å². The quantitative estimate of drug-likeness (QED) is 0.287. The monoisotopic (exact) mass is 259 g/mol. The number of ether oxygens (including phenoxy) is 1. The third-order valence-electron chi connectivity index (χ3n) is 3.36. The van der Waals surface area contributed by atoms with Crippen LogP contribution in [0, 0.1) is 5.41 Å². The third-order valence-corrected chi connectivity index (χ3v) is 3.36. The first-order valence-electron chi connectivity index (χ1n) is 6.56. The van der Waals surface area contributed by atoms with Gasteiger partial charge in [0.1, 0.15) is 5.84 Å². The van der Waals surface area contributed by atoms with Gasteiger partial charge >= 0.3 is 0 Å². The normalized spacial score (nSPS) is 13.6. The predicted molar refractivity (Wildman–Crippen MR) is 75.0 cm³/mol. The van der Waals surface area contributed by atoms with Gasteiger partial charge in [-0.25, -0.2) is 0 Å². The lowest BCUT2D eigenvalue weighted by atomic mass is 9.86. The minimum Gasteiger partial charge on any atom is -0.409 e. The van der Waals surface area contributed by atoms with E-state index in [2.05, 4.69) is 23.9 Å². The Morgan fingerprint density at radius 2 is 2.00 bits per heavy atom. The van der Waals surface area contributed by atoms with Gasteiger partial charge in [0.15, 0.2) is 0 Å². The highest BCUT2D eigenvalue weighted by Gasteiger charge is 2.23. The van der Waals surface area contributed by atoms with E-state index in [9.17, 15) is 0 Å². The molecule has 0 aromatic carbocycles. The number of methoxy groups -OCH3 is 1. The highest BCUT2D eigenvalue weighted by molar-refractivity contribution is 5.85. The van der Waals surface area contributed by atoms with E-state index in [0.717, 1.165) is 32.5 Å². The Balaban J connectivity index is 4.13. The number of nitrogens with zero attached hydrogens (tertiary/aromatic N) is 2. The van der Waals surface area contributed by atoms with Crippen molar-refractivity contribution in [1.29, 1.82) is 0 Å². The first-order valence-corrected chi connectivity index (χ1v) is 6.56. The SMILES string of the molecule is COCCN(CCCC(C)(C)C(N)=NO)C(C)C. The highest BCUT2D eigenvalue weighted by Crippen LogP contribution is 2.22. The molecule has 108 valence electrons. The summed E-state index contributed by atoms with van der Waals surface area (Å²) in [6, 6.07) is 0.507. The third kappa shape index (κ3) is 6.21. The molecule has 0 radical (unpaired) electrons. The van der Waals surface area contributed by atoms with Gasteiger partial charge in [-0.1, -0.05) is 19.0 Å². The lowest BCUT2D eigenvalue weighted by Gasteiger charge is -2.28. The molecule has 0 bridgehead atoms. The van der Waals surface area contributed by atoms with Crippen molar-refractivity contribution in [2.75, 3.05) is 26.8 Å². The summed E-state index contributed by atoms with van der Waals surface area (Å²) in [7, 11) is 1.72. The van der Waals surface area contributed by atoms with Gasteiger partial charge < -0.3 is 15.7 Å². The van der Waals surface area contributed by atoms with Gasteiger partial charge in [0.2, 0.25) is 0 Å². The number of amidine groups is 1. The van der Waals surface area contributed by atoms with Crippen LogP contribution in [0.15, 0.2) is 5.16 Å². The second-order valence-corrected chi connectivity index (χ2v) is 5.60. The maximum absolute atomic E-state index is 8.72. The molecule has 0 heterocycles. The Morgan fingerprint density at radius 1 is 1.39 bits per heavy atom. The molecule has 3 N–H and O–H groups in total. The zero-order chi connectivity index (χ0) is 14.2. The molecule has 0 aliphatic carbocycles. The Morgan fingerprint density at radius 3 is 2.44 bits per heavy atom. The van der Waals surface area contributed by atoms with Crippen molar-refractivity contribution in [3.8, 4) is 0 Å². The first-order chi connectivity index (χ1) is 8.35. The van der Waals surface area contributed by atoms with Crippen molar-refractivity contribution in [2.24, 2.45) is 16.3 Å². The number of nitrogens with two attached hydrogens (primary N) is 1. The van der Waals surface area contributed by atoms with Gasteiger partial charge in [-0.2, -0.15) is 0 Å². The highest BCUT2D eigenvalue weighted by atomic mass is 16.5. The summed E-state index contributed by atoms with van der Waals surface area (Å²) in [5, 5.41) is 11.8. The van der Waals surface area contributed by atoms with Crippen molar-refractivity contribution < 1.29 is 9.94 Å². The van der Waals surface area contributed by atoms with E-state index in [1.807, 2.05) is 13.8 Å². The first kappa shape index (κ1) is 17.2. The maximum atomic E-state index is 8.72. The van der Waals surface area contributed by atoms with E-state index in [4.69, 9.17) is 15.7 Å². The zero-order valence-electron chi connectivity index (χ0n) is 12.4. The largest absolute Gasteiger partial charge is 0.409 e. The number of oxime groups is 1. The predicted octanol–water partition coefficient (Wildman–Crippen LogP) is 1.90. The van der Waals surface area contributed by atoms with Gasteiger partial charge in [-0.15, -0.1) is 0 Å². The van der Waals surface area contributed by atoms with Gasteiger partial charge in [-0.05, 0) is 33.2 Å². The van der Waals surface area contributed by atoms with E-state index in [1.165, 1.54) is 0 Å². The molecule has 18 heavy (non-hydrogen) atoms. The molecule has 0 amide bonds. The van der Waals surface area contributed by atoms with Crippen LogP contribution < -0.4 is 5.73 Å². The van der Waals surface area contributed by atoms with Crippen molar-refractivity contribution in [3.05, 3.63) is 0 Å². The zero-order valence-corrected chi connectivity index (χ0v) is 12.4. The molecule has 5 nitrogen and oxygen atoms in total. The van der Waals surface area contributed by atoms with Crippen LogP contribution in [0.25, 0.3) is 0 Å². The smallest absolute Gasteiger partial charge is 0.144 e. The molecule has 5 heteroatoms. The summed E-state index contributed by atoms with van der Waals surface area (Å²) in [5.74, 6) is 0.301. The van der Waals surface area contributed by atoms with Crippen molar-refractivity contribution >= 4 is 5.84 Å². The van der Waals surface area contributed by atoms with Crippen molar-refractivity contribution in [3.63, 3.8) is 0 Å². The molecule has 0 aliphatic heterocycles. The standard InChI is InChI=1S/C13H29N3O2/c1-11(2)16(9-10-18-5)8-6-7-13(3,4)12(14)15-17/h11,17H,6-10H2,1-5H3,(H2,14,15). The van der Waals surface area contributed by atoms with E-state index in [1.54, 1.807) is 7.11 Å². The van der Waals surface area contributed by atoms with Crippen molar-refractivity contribution in [1.82, 2.24) is 4.90 Å². The molecule has 0 saturated carbocycles. The summed E-state index contributed by atoms with van der Waals surface area (Å²) in [4.78, 5) is 2.38. The molecule has 0 fully saturated rings. The topological polar surface area (TPSA) is 71.1 Å². The number of hydrogen-bond acceptors (Lipinski definition) is 4. The molecular weight excluding hydrogens is 230 g/mol. The molecule has 0 atom stereocenters. The average Bonchev–Trinajstić information content (AvgIpc) is 2.31.